The van der Waals surface area contributed by atoms with Gasteiger partial charge in [0, 0.05) is 37.5 Å². The third-order valence-electron chi connectivity index (χ3n) is 2.83. The average molecular weight is 303 g/mol. The Morgan fingerprint density at radius 1 is 1.18 bits per heavy atom. The minimum absolute atomic E-state index is 0.252. The van der Waals surface area contributed by atoms with Gasteiger partial charge in [-0.2, -0.15) is 5.10 Å². The fourth-order valence-electron chi connectivity index (χ4n) is 1.75. The monoisotopic (exact) mass is 303 g/mol. The van der Waals surface area contributed by atoms with Crippen LogP contribution in [0.5, 0.6) is 0 Å². The molecule has 0 unspecified atom stereocenters. The summed E-state index contributed by atoms with van der Waals surface area (Å²) in [7, 11) is 1.60. The van der Waals surface area contributed by atoms with Crippen LogP contribution in [0, 0.1) is 0 Å². The normalized spacial score (nSPS) is 10.2. The Hall–Kier alpha value is -2.67. The number of benzene rings is 1. The van der Waals surface area contributed by atoms with Gasteiger partial charge in [-0.1, -0.05) is 12.1 Å². The number of methoxy groups -OCH3 is 1. The molecule has 0 aliphatic rings. The molecule has 22 heavy (non-hydrogen) atoms. The van der Waals surface area contributed by atoms with Gasteiger partial charge in [-0.15, -0.1) is 0 Å². The lowest BCUT2D eigenvalue weighted by atomic mass is 10.1. The maximum Gasteiger partial charge on any atom is 0.411 e. The van der Waals surface area contributed by atoms with Crippen molar-refractivity contribution in [2.45, 2.75) is 6.42 Å². The molecule has 2 rings (SSSR count). The molecule has 1 amide bonds. The number of amides is 1. The molecule has 116 valence electrons. The van der Waals surface area contributed by atoms with Crippen LogP contribution in [0.4, 0.5) is 10.5 Å². The zero-order valence-electron chi connectivity index (χ0n) is 12.2. The Labute approximate surface area is 127 Å². The van der Waals surface area contributed by atoms with Crippen LogP contribution in [0.15, 0.2) is 41.2 Å². The van der Waals surface area contributed by atoms with Crippen molar-refractivity contribution in [3.8, 4) is 11.3 Å². The largest absolute Gasteiger partial charge is 0.449 e. The Kier molecular flexibility index (Phi) is 5.67. The van der Waals surface area contributed by atoms with Crippen molar-refractivity contribution in [1.29, 1.82) is 0 Å². The third kappa shape index (κ3) is 4.71. The van der Waals surface area contributed by atoms with E-state index >= 15 is 0 Å². The molecule has 7 heteroatoms. The summed E-state index contributed by atoms with van der Waals surface area (Å²) >= 11 is 0. The van der Waals surface area contributed by atoms with Crippen molar-refractivity contribution in [3.05, 3.63) is 46.8 Å². The standard InChI is InChI=1S/C15H17N3O4/c1-21-9-2-10-22-15(20)16-12-5-3-11(4-6-12)13-7-8-14(19)18-17-13/h3-8H,2,9-10H2,1H3,(H,16,20)(H,18,19). The summed E-state index contributed by atoms with van der Waals surface area (Å²) in [6.45, 7) is 0.854. The molecule has 1 aromatic heterocycles. The van der Waals surface area contributed by atoms with Crippen molar-refractivity contribution in [1.82, 2.24) is 10.2 Å². The number of carbonyl (C=O) groups is 1. The molecule has 1 heterocycles. The first-order valence-electron chi connectivity index (χ1n) is 6.78. The highest BCUT2D eigenvalue weighted by molar-refractivity contribution is 5.85. The number of rotatable bonds is 6. The number of anilines is 1. The van der Waals surface area contributed by atoms with Crippen LogP contribution < -0.4 is 10.9 Å². The number of hydrogen-bond acceptors (Lipinski definition) is 5. The van der Waals surface area contributed by atoms with Crippen molar-refractivity contribution < 1.29 is 14.3 Å². The van der Waals surface area contributed by atoms with Gasteiger partial charge in [0.25, 0.3) is 5.56 Å². The molecule has 0 radical (unpaired) electrons. The van der Waals surface area contributed by atoms with Crippen LogP contribution in [0.3, 0.4) is 0 Å². The van der Waals surface area contributed by atoms with Crippen LogP contribution in [-0.4, -0.2) is 36.6 Å². The molecule has 0 aliphatic heterocycles. The third-order valence-corrected chi connectivity index (χ3v) is 2.83. The number of hydrogen-bond donors (Lipinski definition) is 2. The quantitative estimate of drug-likeness (QED) is 0.796. The minimum Gasteiger partial charge on any atom is -0.449 e. The van der Waals surface area contributed by atoms with E-state index in [2.05, 4.69) is 15.5 Å². The van der Waals surface area contributed by atoms with E-state index in [4.69, 9.17) is 9.47 Å². The molecule has 2 N–H and O–H groups in total. The van der Waals surface area contributed by atoms with Crippen molar-refractivity contribution in [3.63, 3.8) is 0 Å². The van der Waals surface area contributed by atoms with E-state index < -0.39 is 6.09 Å². The summed E-state index contributed by atoms with van der Waals surface area (Å²) in [4.78, 5) is 22.5. The summed E-state index contributed by atoms with van der Waals surface area (Å²) in [5.41, 5.74) is 1.84. The van der Waals surface area contributed by atoms with E-state index in [0.717, 1.165) is 5.56 Å². The zero-order chi connectivity index (χ0) is 15.8. The first kappa shape index (κ1) is 15.7. The van der Waals surface area contributed by atoms with Gasteiger partial charge in [0.05, 0.1) is 12.3 Å². The molecule has 7 nitrogen and oxygen atoms in total. The topological polar surface area (TPSA) is 93.3 Å². The molecule has 0 fully saturated rings. The first-order valence-corrected chi connectivity index (χ1v) is 6.78. The van der Waals surface area contributed by atoms with Crippen LogP contribution >= 0.6 is 0 Å². The summed E-state index contributed by atoms with van der Waals surface area (Å²) < 4.78 is 9.86. The number of aromatic amines is 1. The maximum absolute atomic E-state index is 11.5. The molecule has 0 aliphatic carbocycles. The fraction of sp³-hybridized carbons (Fsp3) is 0.267. The van der Waals surface area contributed by atoms with Crippen LogP contribution in [0.2, 0.25) is 0 Å². The number of nitrogens with one attached hydrogen (secondary N) is 2. The Balaban J connectivity index is 1.90. The van der Waals surface area contributed by atoms with Crippen molar-refractivity contribution in [2.75, 3.05) is 25.6 Å². The SMILES string of the molecule is COCCCOC(=O)Nc1ccc(-c2ccc(=O)[nH]n2)cc1. The lowest BCUT2D eigenvalue weighted by Crippen LogP contribution is -2.15. The summed E-state index contributed by atoms with van der Waals surface area (Å²) in [6.07, 6.45) is 0.145. The van der Waals surface area contributed by atoms with Gasteiger partial charge in [-0.25, -0.2) is 9.89 Å². The fourth-order valence-corrected chi connectivity index (χ4v) is 1.75. The number of H-pyrrole nitrogens is 1. The summed E-state index contributed by atoms with van der Waals surface area (Å²) in [5.74, 6) is 0. The lowest BCUT2D eigenvalue weighted by molar-refractivity contribution is 0.134. The molecular weight excluding hydrogens is 286 g/mol. The van der Waals surface area contributed by atoms with Crippen molar-refractivity contribution >= 4 is 11.8 Å². The van der Waals surface area contributed by atoms with Gasteiger partial charge in [-0.05, 0) is 18.2 Å². The number of ether oxygens (including phenoxy) is 2. The average Bonchev–Trinajstić information content (AvgIpc) is 2.53. The molecular formula is C15H17N3O4. The second-order valence-electron chi connectivity index (χ2n) is 4.49. The molecule has 1 aromatic carbocycles. The summed E-state index contributed by atoms with van der Waals surface area (Å²) in [5, 5.41) is 8.94. The second-order valence-corrected chi connectivity index (χ2v) is 4.49. The zero-order valence-corrected chi connectivity index (χ0v) is 12.2. The number of nitrogens with zero attached hydrogens (tertiary/aromatic N) is 1. The second kappa shape index (κ2) is 7.94. The molecule has 0 saturated heterocycles. The van der Waals surface area contributed by atoms with Gasteiger partial charge >= 0.3 is 6.09 Å². The van der Waals surface area contributed by atoms with Gasteiger partial charge in [-0.3, -0.25) is 10.1 Å². The van der Waals surface area contributed by atoms with Crippen LogP contribution in [-0.2, 0) is 9.47 Å². The van der Waals surface area contributed by atoms with Crippen LogP contribution in [0.25, 0.3) is 11.3 Å². The predicted molar refractivity (Wildman–Crippen MR) is 81.8 cm³/mol. The molecule has 2 aromatic rings. The Morgan fingerprint density at radius 3 is 2.59 bits per heavy atom. The highest BCUT2D eigenvalue weighted by Gasteiger charge is 2.04. The highest BCUT2D eigenvalue weighted by Crippen LogP contribution is 2.18. The van der Waals surface area contributed by atoms with Gasteiger partial charge < -0.3 is 9.47 Å². The van der Waals surface area contributed by atoms with E-state index in [1.165, 1.54) is 6.07 Å². The lowest BCUT2D eigenvalue weighted by Gasteiger charge is -2.07. The van der Waals surface area contributed by atoms with E-state index in [0.29, 0.717) is 31.0 Å². The highest BCUT2D eigenvalue weighted by atomic mass is 16.5. The van der Waals surface area contributed by atoms with Gasteiger partial charge in [0.1, 0.15) is 0 Å². The molecule has 0 atom stereocenters. The Morgan fingerprint density at radius 2 is 1.95 bits per heavy atom. The Bertz CT molecular complexity index is 647. The number of aromatic nitrogens is 2. The maximum atomic E-state index is 11.5. The molecule has 0 spiro atoms. The van der Waals surface area contributed by atoms with E-state index in [1.807, 2.05) is 0 Å². The van der Waals surface area contributed by atoms with E-state index in [-0.39, 0.29) is 5.56 Å². The number of carbonyl (C=O) groups excluding carboxylic acids is 1. The van der Waals surface area contributed by atoms with E-state index in [9.17, 15) is 9.59 Å². The van der Waals surface area contributed by atoms with Gasteiger partial charge in [0.15, 0.2) is 0 Å². The minimum atomic E-state index is -0.508. The molecule has 0 saturated carbocycles. The van der Waals surface area contributed by atoms with Gasteiger partial charge in [0.2, 0.25) is 0 Å². The van der Waals surface area contributed by atoms with E-state index in [1.54, 1.807) is 37.4 Å². The predicted octanol–water partition coefficient (Wildman–Crippen LogP) is 2.02. The summed E-state index contributed by atoms with van der Waals surface area (Å²) in [6, 6.07) is 10.1. The first-order chi connectivity index (χ1) is 10.7. The smallest absolute Gasteiger partial charge is 0.411 e. The van der Waals surface area contributed by atoms with Crippen molar-refractivity contribution in [2.24, 2.45) is 0 Å². The van der Waals surface area contributed by atoms with Crippen LogP contribution in [0.1, 0.15) is 6.42 Å². The molecule has 0 bridgehead atoms.